The van der Waals surface area contributed by atoms with Crippen LogP contribution in [0.15, 0.2) is 41.3 Å². The van der Waals surface area contributed by atoms with Crippen LogP contribution in [0.1, 0.15) is 28.1 Å². The molecule has 0 radical (unpaired) electrons. The Hall–Kier alpha value is -3.20. The van der Waals surface area contributed by atoms with Gasteiger partial charge in [0, 0.05) is 12.1 Å². The molecular formula is C20H22N4O4S. The lowest BCUT2D eigenvalue weighted by Crippen LogP contribution is -2.16. The molecule has 1 heterocycles. The highest BCUT2D eigenvalue weighted by Crippen LogP contribution is 2.30. The van der Waals surface area contributed by atoms with Crippen LogP contribution < -0.4 is 4.72 Å². The molecule has 0 saturated carbocycles. The average molecular weight is 414 g/mol. The van der Waals surface area contributed by atoms with Crippen LogP contribution in [-0.2, 0) is 10.0 Å². The molecule has 0 saturated heterocycles. The summed E-state index contributed by atoms with van der Waals surface area (Å²) in [6.45, 7) is 8.73. The van der Waals surface area contributed by atoms with Crippen LogP contribution in [0.2, 0.25) is 0 Å². The van der Waals surface area contributed by atoms with Crippen LogP contribution in [0.3, 0.4) is 0 Å². The van der Waals surface area contributed by atoms with Crippen molar-refractivity contribution in [2.24, 2.45) is 0 Å². The normalized spacial score (nSPS) is 11.5. The fraction of sp³-hybridized carbons (Fsp3) is 0.250. The van der Waals surface area contributed by atoms with Crippen molar-refractivity contribution < 1.29 is 13.3 Å². The Labute approximate surface area is 169 Å². The number of nitro groups is 1. The van der Waals surface area contributed by atoms with E-state index in [9.17, 15) is 18.5 Å². The summed E-state index contributed by atoms with van der Waals surface area (Å²) >= 11 is 0. The number of aromatic nitrogens is 2. The second kappa shape index (κ2) is 7.32. The molecule has 1 N–H and O–H groups in total. The topological polar surface area (TPSA) is 107 Å². The van der Waals surface area contributed by atoms with E-state index in [4.69, 9.17) is 0 Å². The summed E-state index contributed by atoms with van der Waals surface area (Å²) in [5, 5.41) is 15.6. The third-order valence-corrected chi connectivity index (χ3v) is 6.39. The fourth-order valence-electron chi connectivity index (χ4n) is 3.11. The summed E-state index contributed by atoms with van der Waals surface area (Å²) in [5.41, 5.74) is 4.12. The van der Waals surface area contributed by atoms with E-state index in [1.807, 2.05) is 31.2 Å². The molecule has 2 aromatic carbocycles. The molecule has 0 fully saturated rings. The summed E-state index contributed by atoms with van der Waals surface area (Å²) in [5.74, 6) is 0. The van der Waals surface area contributed by atoms with Gasteiger partial charge in [0.05, 0.1) is 32.6 Å². The predicted molar refractivity (Wildman–Crippen MR) is 111 cm³/mol. The van der Waals surface area contributed by atoms with Gasteiger partial charge in [-0.1, -0.05) is 17.7 Å². The van der Waals surface area contributed by atoms with Gasteiger partial charge >= 0.3 is 0 Å². The first kappa shape index (κ1) is 20.5. The molecule has 152 valence electrons. The van der Waals surface area contributed by atoms with Crippen LogP contribution in [0, 0.1) is 44.7 Å². The number of hydrogen-bond acceptors (Lipinski definition) is 5. The molecule has 29 heavy (non-hydrogen) atoms. The maximum absolute atomic E-state index is 13.1. The molecule has 0 aliphatic rings. The molecule has 1 aromatic heterocycles. The zero-order chi connectivity index (χ0) is 21.5. The van der Waals surface area contributed by atoms with Crippen molar-refractivity contribution in [3.05, 3.63) is 74.6 Å². The van der Waals surface area contributed by atoms with E-state index < -0.39 is 14.9 Å². The van der Waals surface area contributed by atoms with Gasteiger partial charge in [-0.05, 0) is 57.9 Å². The first-order valence-electron chi connectivity index (χ1n) is 8.93. The minimum atomic E-state index is -4.05. The Kier molecular flexibility index (Phi) is 5.18. The van der Waals surface area contributed by atoms with E-state index in [0.717, 1.165) is 17.3 Å². The number of rotatable bonds is 5. The Morgan fingerprint density at radius 2 is 1.66 bits per heavy atom. The van der Waals surface area contributed by atoms with E-state index in [1.54, 1.807) is 32.4 Å². The minimum Gasteiger partial charge on any atom is -0.276 e. The lowest BCUT2D eigenvalue weighted by Gasteiger charge is -2.12. The summed E-state index contributed by atoms with van der Waals surface area (Å²) in [6.07, 6.45) is 0. The van der Waals surface area contributed by atoms with Gasteiger partial charge in [0.25, 0.3) is 15.7 Å². The van der Waals surface area contributed by atoms with Crippen LogP contribution in [0.4, 0.5) is 11.4 Å². The van der Waals surface area contributed by atoms with Crippen molar-refractivity contribution in [3.8, 4) is 5.69 Å². The van der Waals surface area contributed by atoms with Crippen molar-refractivity contribution in [1.82, 2.24) is 9.78 Å². The van der Waals surface area contributed by atoms with Crippen molar-refractivity contribution in [3.63, 3.8) is 0 Å². The van der Waals surface area contributed by atoms with Crippen molar-refractivity contribution in [2.45, 2.75) is 39.5 Å². The predicted octanol–water partition coefficient (Wildman–Crippen LogP) is 4.12. The van der Waals surface area contributed by atoms with Gasteiger partial charge < -0.3 is 0 Å². The van der Waals surface area contributed by atoms with E-state index in [-0.39, 0.29) is 10.6 Å². The zero-order valence-corrected chi connectivity index (χ0v) is 17.7. The maximum atomic E-state index is 13.1. The smallest absolute Gasteiger partial charge is 0.271 e. The number of nitrogens with zero attached hydrogens (tertiary/aromatic N) is 3. The SMILES string of the molecule is Cc1ccc(-n2nc(C)c(NS(=O)(=O)c3cc([N+](=O)[O-])cc(C)c3C)c2C)cc1. The molecule has 0 amide bonds. The number of hydrogen-bond donors (Lipinski definition) is 1. The largest absolute Gasteiger partial charge is 0.276 e. The number of non-ortho nitro benzene ring substituents is 1. The molecule has 0 spiro atoms. The van der Waals surface area contributed by atoms with Gasteiger partial charge in [0.2, 0.25) is 0 Å². The van der Waals surface area contributed by atoms with Crippen LogP contribution in [-0.4, -0.2) is 23.1 Å². The lowest BCUT2D eigenvalue weighted by atomic mass is 10.1. The van der Waals surface area contributed by atoms with Crippen LogP contribution in [0.25, 0.3) is 5.69 Å². The highest BCUT2D eigenvalue weighted by Gasteiger charge is 2.25. The first-order valence-corrected chi connectivity index (χ1v) is 10.4. The summed E-state index contributed by atoms with van der Waals surface area (Å²) in [4.78, 5) is 10.5. The Morgan fingerprint density at radius 3 is 2.24 bits per heavy atom. The molecular weight excluding hydrogens is 392 g/mol. The van der Waals surface area contributed by atoms with Gasteiger partial charge in [-0.25, -0.2) is 13.1 Å². The molecule has 0 aliphatic carbocycles. The highest BCUT2D eigenvalue weighted by molar-refractivity contribution is 7.92. The quantitative estimate of drug-likeness (QED) is 0.499. The minimum absolute atomic E-state index is 0.119. The summed E-state index contributed by atoms with van der Waals surface area (Å²) in [7, 11) is -4.05. The van der Waals surface area contributed by atoms with E-state index in [1.165, 1.54) is 6.07 Å². The van der Waals surface area contributed by atoms with E-state index in [0.29, 0.717) is 28.2 Å². The molecule has 3 aromatic rings. The van der Waals surface area contributed by atoms with Crippen LogP contribution in [0.5, 0.6) is 0 Å². The Morgan fingerprint density at radius 1 is 1.03 bits per heavy atom. The molecule has 0 bridgehead atoms. The summed E-state index contributed by atoms with van der Waals surface area (Å²) in [6, 6.07) is 10.2. The molecule has 0 unspecified atom stereocenters. The average Bonchev–Trinajstić information content (AvgIpc) is 2.92. The third kappa shape index (κ3) is 3.86. The van der Waals surface area contributed by atoms with Crippen LogP contribution >= 0.6 is 0 Å². The number of nitrogens with one attached hydrogen (secondary N) is 1. The molecule has 9 heteroatoms. The number of nitro benzene ring substituents is 1. The maximum Gasteiger partial charge on any atom is 0.271 e. The number of aryl methyl sites for hydroxylation is 3. The zero-order valence-electron chi connectivity index (χ0n) is 16.8. The number of sulfonamides is 1. The van der Waals surface area contributed by atoms with Gasteiger partial charge in [-0.15, -0.1) is 0 Å². The fourth-order valence-corrected chi connectivity index (χ4v) is 4.62. The Bertz CT molecular complexity index is 1210. The summed E-state index contributed by atoms with van der Waals surface area (Å²) < 4.78 is 30.4. The monoisotopic (exact) mass is 414 g/mol. The molecule has 0 atom stereocenters. The van der Waals surface area contributed by atoms with Crippen molar-refractivity contribution in [1.29, 1.82) is 0 Å². The van der Waals surface area contributed by atoms with Gasteiger partial charge in [-0.3, -0.25) is 14.8 Å². The van der Waals surface area contributed by atoms with E-state index >= 15 is 0 Å². The van der Waals surface area contributed by atoms with E-state index in [2.05, 4.69) is 9.82 Å². The molecule has 3 rings (SSSR count). The third-order valence-electron chi connectivity index (χ3n) is 4.91. The Balaban J connectivity index is 2.06. The molecule has 8 nitrogen and oxygen atoms in total. The number of benzene rings is 2. The van der Waals surface area contributed by atoms with Crippen molar-refractivity contribution >= 4 is 21.4 Å². The van der Waals surface area contributed by atoms with Gasteiger partial charge in [0.1, 0.15) is 0 Å². The first-order chi connectivity index (χ1) is 13.5. The van der Waals surface area contributed by atoms with Gasteiger partial charge in [0.15, 0.2) is 0 Å². The lowest BCUT2D eigenvalue weighted by molar-refractivity contribution is -0.385. The highest BCUT2D eigenvalue weighted by atomic mass is 32.2. The van der Waals surface area contributed by atoms with Gasteiger partial charge in [-0.2, -0.15) is 5.10 Å². The second-order valence-electron chi connectivity index (χ2n) is 7.04. The second-order valence-corrected chi connectivity index (χ2v) is 8.69. The standard InChI is InChI=1S/C20H22N4O4S/c1-12-6-8-17(9-7-12)23-16(5)20(15(4)21-23)22-29(27,28)19-11-18(24(25)26)10-13(2)14(19)3/h6-11,22H,1-5H3. The molecule has 0 aliphatic heterocycles. The number of anilines is 1. The van der Waals surface area contributed by atoms with Crippen molar-refractivity contribution in [2.75, 3.05) is 4.72 Å².